The number of hydrogen-bond donors (Lipinski definition) is 1. The quantitative estimate of drug-likeness (QED) is 0.906. The number of hydrogen-bond acceptors (Lipinski definition) is 2. The fraction of sp³-hybridized carbons (Fsp3) is 0.583. The summed E-state index contributed by atoms with van der Waals surface area (Å²) in [5, 5.41) is 3.41. The molecule has 1 saturated carbocycles. The van der Waals surface area contributed by atoms with Crippen molar-refractivity contribution in [2.24, 2.45) is 11.3 Å². The van der Waals surface area contributed by atoms with Gasteiger partial charge in [-0.2, -0.15) is 0 Å². The van der Waals surface area contributed by atoms with Gasteiger partial charge in [-0.05, 0) is 52.2 Å². The summed E-state index contributed by atoms with van der Waals surface area (Å²) in [4.78, 5) is 4.33. The molecule has 1 aliphatic rings. The molecule has 2 rings (SSSR count). The van der Waals surface area contributed by atoms with E-state index >= 15 is 0 Å². The average Bonchev–Trinajstić information content (AvgIpc) is 2.77. The molecular weight excluding hydrogens is 252 g/mol. The van der Waals surface area contributed by atoms with Gasteiger partial charge in [0.1, 0.15) is 5.82 Å². The summed E-state index contributed by atoms with van der Waals surface area (Å²) in [6.07, 6.45) is 3.17. The van der Waals surface area contributed by atoms with Crippen molar-refractivity contribution in [3.05, 3.63) is 22.3 Å². The molecule has 1 aromatic rings. The summed E-state index contributed by atoms with van der Waals surface area (Å²) in [5.74, 6) is 1.77. The van der Waals surface area contributed by atoms with Crippen LogP contribution in [0.5, 0.6) is 0 Å². The third kappa shape index (κ3) is 2.33. The second-order valence-corrected chi connectivity index (χ2v) is 5.85. The molecule has 0 bridgehead atoms. The van der Waals surface area contributed by atoms with Crippen LogP contribution in [0.3, 0.4) is 0 Å². The van der Waals surface area contributed by atoms with Crippen molar-refractivity contribution in [2.75, 3.05) is 11.9 Å². The van der Waals surface area contributed by atoms with Gasteiger partial charge in [0, 0.05) is 12.7 Å². The van der Waals surface area contributed by atoms with Crippen molar-refractivity contribution < 1.29 is 0 Å². The SMILES string of the molecule is Cc1ccnc(NCC2CC2(C)C)c1Br. The summed E-state index contributed by atoms with van der Waals surface area (Å²) in [5.41, 5.74) is 1.76. The lowest BCUT2D eigenvalue weighted by atomic mass is 10.1. The second kappa shape index (κ2) is 3.78. The molecule has 0 radical (unpaired) electrons. The molecule has 0 aliphatic heterocycles. The van der Waals surface area contributed by atoms with Crippen LogP contribution in [-0.2, 0) is 0 Å². The Morgan fingerprint density at radius 1 is 1.60 bits per heavy atom. The minimum atomic E-state index is 0.531. The van der Waals surface area contributed by atoms with Crippen LogP contribution in [0, 0.1) is 18.3 Å². The molecule has 3 heteroatoms. The van der Waals surface area contributed by atoms with E-state index in [1.54, 1.807) is 0 Å². The summed E-state index contributed by atoms with van der Waals surface area (Å²) >= 11 is 3.55. The first kappa shape index (κ1) is 10.9. The minimum absolute atomic E-state index is 0.531. The van der Waals surface area contributed by atoms with Crippen molar-refractivity contribution in [2.45, 2.75) is 27.2 Å². The molecule has 1 heterocycles. The van der Waals surface area contributed by atoms with Gasteiger partial charge in [-0.3, -0.25) is 0 Å². The zero-order valence-corrected chi connectivity index (χ0v) is 11.1. The summed E-state index contributed by atoms with van der Waals surface area (Å²) < 4.78 is 1.09. The summed E-state index contributed by atoms with van der Waals surface area (Å²) in [6.45, 7) is 7.75. The monoisotopic (exact) mass is 268 g/mol. The highest BCUT2D eigenvalue weighted by Gasteiger charge is 2.45. The maximum atomic E-state index is 4.33. The van der Waals surface area contributed by atoms with Gasteiger partial charge in [0.2, 0.25) is 0 Å². The number of rotatable bonds is 3. The van der Waals surface area contributed by atoms with Crippen LogP contribution in [-0.4, -0.2) is 11.5 Å². The Labute approximate surface area is 99.6 Å². The van der Waals surface area contributed by atoms with Crippen LogP contribution in [0.25, 0.3) is 0 Å². The lowest BCUT2D eigenvalue weighted by Gasteiger charge is -2.09. The molecule has 82 valence electrons. The van der Waals surface area contributed by atoms with Gasteiger partial charge in [0.05, 0.1) is 4.47 Å². The van der Waals surface area contributed by atoms with Crippen molar-refractivity contribution >= 4 is 21.7 Å². The second-order valence-electron chi connectivity index (χ2n) is 5.06. The van der Waals surface area contributed by atoms with E-state index in [9.17, 15) is 0 Å². The Kier molecular flexibility index (Phi) is 2.75. The van der Waals surface area contributed by atoms with Crippen molar-refractivity contribution in [1.29, 1.82) is 0 Å². The largest absolute Gasteiger partial charge is 0.369 e. The molecule has 1 N–H and O–H groups in total. The van der Waals surface area contributed by atoms with Gasteiger partial charge >= 0.3 is 0 Å². The Morgan fingerprint density at radius 3 is 2.87 bits per heavy atom. The number of aromatic nitrogens is 1. The van der Waals surface area contributed by atoms with E-state index in [0.29, 0.717) is 5.41 Å². The lowest BCUT2D eigenvalue weighted by Crippen LogP contribution is -2.09. The Hall–Kier alpha value is -0.570. The van der Waals surface area contributed by atoms with Crippen LogP contribution in [0.4, 0.5) is 5.82 Å². The number of aryl methyl sites for hydroxylation is 1. The molecule has 0 saturated heterocycles. The van der Waals surface area contributed by atoms with E-state index in [2.05, 4.69) is 47.0 Å². The molecule has 0 amide bonds. The first-order chi connectivity index (χ1) is 7.00. The average molecular weight is 269 g/mol. The smallest absolute Gasteiger partial charge is 0.140 e. The minimum Gasteiger partial charge on any atom is -0.369 e. The van der Waals surface area contributed by atoms with E-state index < -0.39 is 0 Å². The van der Waals surface area contributed by atoms with Crippen molar-refractivity contribution in [1.82, 2.24) is 4.98 Å². The van der Waals surface area contributed by atoms with E-state index in [1.165, 1.54) is 12.0 Å². The van der Waals surface area contributed by atoms with E-state index in [1.807, 2.05) is 12.3 Å². The van der Waals surface area contributed by atoms with Crippen LogP contribution < -0.4 is 5.32 Å². The predicted molar refractivity (Wildman–Crippen MR) is 67.1 cm³/mol. The molecule has 2 nitrogen and oxygen atoms in total. The first-order valence-corrected chi connectivity index (χ1v) is 6.15. The Bertz CT molecular complexity index is 374. The fourth-order valence-electron chi connectivity index (χ4n) is 1.81. The predicted octanol–water partition coefficient (Wildman–Crippen LogP) is 3.61. The van der Waals surface area contributed by atoms with E-state index in [4.69, 9.17) is 0 Å². The lowest BCUT2D eigenvalue weighted by molar-refractivity contribution is 0.573. The van der Waals surface area contributed by atoms with Crippen LogP contribution in [0.1, 0.15) is 25.8 Å². The van der Waals surface area contributed by atoms with Crippen molar-refractivity contribution in [3.63, 3.8) is 0 Å². The van der Waals surface area contributed by atoms with Crippen molar-refractivity contribution in [3.8, 4) is 0 Å². The normalized spacial score (nSPS) is 22.5. The highest BCUT2D eigenvalue weighted by Crippen LogP contribution is 2.51. The van der Waals surface area contributed by atoms with Crippen LogP contribution in [0.2, 0.25) is 0 Å². The highest BCUT2D eigenvalue weighted by atomic mass is 79.9. The van der Waals surface area contributed by atoms with Crippen LogP contribution in [0.15, 0.2) is 16.7 Å². The molecule has 1 aliphatic carbocycles. The molecular formula is C12H17BrN2. The summed E-state index contributed by atoms with van der Waals surface area (Å²) in [6, 6.07) is 2.01. The number of anilines is 1. The molecule has 1 fully saturated rings. The maximum absolute atomic E-state index is 4.33. The molecule has 0 spiro atoms. The standard InChI is InChI=1S/C12H17BrN2/c1-8-4-5-14-11(10(8)13)15-7-9-6-12(9,2)3/h4-5,9H,6-7H2,1-3H3,(H,14,15). The zero-order valence-electron chi connectivity index (χ0n) is 9.47. The van der Waals surface area contributed by atoms with Gasteiger partial charge in [-0.15, -0.1) is 0 Å². The number of nitrogens with one attached hydrogen (secondary N) is 1. The van der Waals surface area contributed by atoms with E-state index in [-0.39, 0.29) is 0 Å². The van der Waals surface area contributed by atoms with Gasteiger partial charge in [0.25, 0.3) is 0 Å². The molecule has 1 unspecified atom stereocenters. The third-order valence-corrected chi connectivity index (χ3v) is 4.32. The zero-order chi connectivity index (χ0) is 11.1. The summed E-state index contributed by atoms with van der Waals surface area (Å²) in [7, 11) is 0. The molecule has 1 aromatic heterocycles. The Balaban J connectivity index is 1.97. The van der Waals surface area contributed by atoms with E-state index in [0.717, 1.165) is 22.8 Å². The van der Waals surface area contributed by atoms with Gasteiger partial charge in [-0.25, -0.2) is 4.98 Å². The van der Waals surface area contributed by atoms with Gasteiger partial charge in [0.15, 0.2) is 0 Å². The molecule has 15 heavy (non-hydrogen) atoms. The number of pyridine rings is 1. The highest BCUT2D eigenvalue weighted by molar-refractivity contribution is 9.10. The maximum Gasteiger partial charge on any atom is 0.140 e. The number of halogens is 1. The number of nitrogens with zero attached hydrogens (tertiary/aromatic N) is 1. The van der Waals surface area contributed by atoms with Gasteiger partial charge < -0.3 is 5.32 Å². The topological polar surface area (TPSA) is 24.9 Å². The molecule has 1 atom stereocenters. The van der Waals surface area contributed by atoms with Gasteiger partial charge in [-0.1, -0.05) is 13.8 Å². The molecule has 0 aromatic carbocycles. The Morgan fingerprint density at radius 2 is 2.27 bits per heavy atom. The van der Waals surface area contributed by atoms with Crippen LogP contribution >= 0.6 is 15.9 Å². The first-order valence-electron chi connectivity index (χ1n) is 5.36. The fourth-order valence-corrected chi connectivity index (χ4v) is 2.18. The third-order valence-electron chi connectivity index (χ3n) is 3.32.